The summed E-state index contributed by atoms with van der Waals surface area (Å²) in [7, 11) is -5.40. The number of carbonyl (C=O) groups is 1. The van der Waals surface area contributed by atoms with Gasteiger partial charge in [0.2, 0.25) is 5.91 Å². The van der Waals surface area contributed by atoms with Gasteiger partial charge in [0.15, 0.2) is 0 Å². The summed E-state index contributed by atoms with van der Waals surface area (Å²) in [6.45, 7) is 25.1. The van der Waals surface area contributed by atoms with Gasteiger partial charge in [0, 0.05) is 12.1 Å². The molecule has 1 aromatic carbocycles. The topological polar surface area (TPSA) is 43.1 Å². The first-order chi connectivity index (χ1) is 14.5. The van der Waals surface area contributed by atoms with Gasteiger partial charge in [0.05, 0.1) is 15.2 Å². The maximum atomic E-state index is 13.8. The maximum absolute atomic E-state index is 13.8. The lowest BCUT2D eigenvalue weighted by Crippen LogP contribution is -2.68. The molecule has 1 aliphatic heterocycles. The molecule has 3 aliphatic rings. The van der Waals surface area contributed by atoms with Crippen LogP contribution >= 0.6 is 0 Å². The zero-order chi connectivity index (χ0) is 24.1. The van der Waals surface area contributed by atoms with Crippen LogP contribution in [-0.2, 0) is 21.7 Å². The number of fused-ring (bicyclic) bond motifs is 2. The molecule has 5 heteroatoms. The predicted molar refractivity (Wildman–Crippen MR) is 147 cm³/mol. The van der Waals surface area contributed by atoms with E-state index in [0.29, 0.717) is 0 Å². The molecule has 32 heavy (non-hydrogen) atoms. The molecule has 176 valence electrons. The van der Waals surface area contributed by atoms with E-state index in [4.69, 9.17) is 5.73 Å². The van der Waals surface area contributed by atoms with Gasteiger partial charge >= 0.3 is 0 Å². The highest BCUT2D eigenvalue weighted by molar-refractivity contribution is 7.72. The first-order valence-electron chi connectivity index (χ1n) is 12.7. The van der Waals surface area contributed by atoms with E-state index in [1.165, 1.54) is 23.1 Å². The molecule has 1 heterocycles. The van der Waals surface area contributed by atoms with Gasteiger partial charge in [-0.1, -0.05) is 97.2 Å². The van der Waals surface area contributed by atoms with E-state index in [2.05, 4.69) is 85.2 Å². The second kappa shape index (κ2) is 6.82. The Bertz CT molecular complexity index is 1030. The third-order valence-corrected chi connectivity index (χ3v) is 56.5. The molecule has 2 nitrogen and oxygen atoms in total. The van der Waals surface area contributed by atoms with E-state index in [1.807, 2.05) is 0 Å². The Balaban J connectivity index is 2.16. The summed E-state index contributed by atoms with van der Waals surface area (Å²) in [5.74, 6) is 0.0434. The molecule has 2 atom stereocenters. The number of nitrogens with two attached hydrogens (primary N) is 1. The number of hydrogen-bond donors (Lipinski definition) is 1. The van der Waals surface area contributed by atoms with Crippen LogP contribution < -0.4 is 5.73 Å². The van der Waals surface area contributed by atoms with Crippen molar-refractivity contribution in [2.45, 2.75) is 115 Å². The summed E-state index contributed by atoms with van der Waals surface area (Å²) in [5.41, 5.74) is 14.1. The minimum absolute atomic E-state index is 0.000345. The van der Waals surface area contributed by atoms with Crippen molar-refractivity contribution in [2.75, 3.05) is 0 Å². The number of benzene rings is 1. The van der Waals surface area contributed by atoms with Gasteiger partial charge < -0.3 is 5.73 Å². The molecule has 1 amide bonds. The predicted octanol–water partition coefficient (Wildman–Crippen LogP) is 6.82. The van der Waals surface area contributed by atoms with Crippen LogP contribution in [-0.4, -0.2) is 28.2 Å². The third-order valence-electron chi connectivity index (χ3n) is 11.3. The van der Waals surface area contributed by atoms with Crippen molar-refractivity contribution in [3.05, 3.63) is 40.0 Å². The van der Waals surface area contributed by atoms with Crippen LogP contribution in [0.3, 0.4) is 0 Å². The Morgan fingerprint density at radius 1 is 1.03 bits per heavy atom. The van der Waals surface area contributed by atoms with Crippen LogP contribution in [0.25, 0.3) is 6.08 Å². The van der Waals surface area contributed by atoms with Crippen LogP contribution in [0.1, 0.15) is 75.6 Å². The molecule has 1 aromatic rings. The van der Waals surface area contributed by atoms with Crippen LogP contribution in [0.4, 0.5) is 0 Å². The SMILES string of the molecule is CCC1=Cc2cc(C(C)(C)C)cc(C34CCCC3(C(N)=O)[Si](C)(C)[Si](C)(C)[Si]4(C)C)c2C1. The van der Waals surface area contributed by atoms with Crippen LogP contribution in [0.2, 0.25) is 44.3 Å². The van der Waals surface area contributed by atoms with Crippen molar-refractivity contribution < 1.29 is 4.79 Å². The van der Waals surface area contributed by atoms with Crippen molar-refractivity contribution in [3.8, 4) is 0 Å². The lowest BCUT2D eigenvalue weighted by atomic mass is 9.77. The average Bonchev–Trinajstić information content (AvgIpc) is 3.30. The fourth-order valence-corrected chi connectivity index (χ4v) is 52.4. The normalized spacial score (nSPS) is 31.9. The minimum Gasteiger partial charge on any atom is -0.369 e. The van der Waals surface area contributed by atoms with Gasteiger partial charge in [0.25, 0.3) is 0 Å². The number of primary amides is 1. The van der Waals surface area contributed by atoms with Crippen molar-refractivity contribution in [1.82, 2.24) is 0 Å². The molecule has 2 fully saturated rings. The quantitative estimate of drug-likeness (QED) is 0.471. The van der Waals surface area contributed by atoms with E-state index in [9.17, 15) is 4.79 Å². The monoisotopic (exact) mass is 483 g/mol. The van der Waals surface area contributed by atoms with Crippen LogP contribution in [0.15, 0.2) is 17.7 Å². The van der Waals surface area contributed by atoms with Crippen molar-refractivity contribution in [1.29, 1.82) is 0 Å². The van der Waals surface area contributed by atoms with Gasteiger partial charge in [-0.25, -0.2) is 0 Å². The Morgan fingerprint density at radius 2 is 1.66 bits per heavy atom. The van der Waals surface area contributed by atoms with E-state index in [0.717, 1.165) is 25.7 Å². The van der Waals surface area contributed by atoms with Crippen molar-refractivity contribution in [3.63, 3.8) is 0 Å². The highest BCUT2D eigenvalue weighted by atomic mass is 29.6. The van der Waals surface area contributed by atoms with E-state index in [1.54, 1.807) is 11.1 Å². The number of amides is 1. The molecule has 2 unspecified atom stereocenters. The van der Waals surface area contributed by atoms with Crippen LogP contribution in [0.5, 0.6) is 0 Å². The van der Waals surface area contributed by atoms with E-state index < -0.39 is 22.3 Å². The number of hydrogen-bond acceptors (Lipinski definition) is 1. The number of carbonyl (C=O) groups excluding carboxylic acids is 1. The number of rotatable bonds is 3. The summed E-state index contributed by atoms with van der Waals surface area (Å²) in [4.78, 5) is 13.8. The highest BCUT2D eigenvalue weighted by Gasteiger charge is 2.84. The summed E-state index contributed by atoms with van der Waals surface area (Å²) in [5, 5.41) is -0.287. The lowest BCUT2D eigenvalue weighted by Gasteiger charge is -2.51. The second-order valence-electron chi connectivity index (χ2n) is 13.6. The summed E-state index contributed by atoms with van der Waals surface area (Å²) < 4.78 is 0. The van der Waals surface area contributed by atoms with Crippen LogP contribution in [0, 0.1) is 0 Å². The maximum Gasteiger partial charge on any atom is 0.221 e. The van der Waals surface area contributed by atoms with Crippen molar-refractivity contribution >= 4 is 34.3 Å². The number of allylic oxidation sites excluding steroid dienone is 1. The molecule has 0 radical (unpaired) electrons. The Morgan fingerprint density at radius 3 is 2.19 bits per heavy atom. The summed E-state index contributed by atoms with van der Waals surface area (Å²) in [6.07, 6.45) is 7.98. The fourth-order valence-electron chi connectivity index (χ4n) is 8.49. The molecule has 2 aliphatic carbocycles. The smallest absolute Gasteiger partial charge is 0.221 e. The average molecular weight is 484 g/mol. The zero-order valence-corrected chi connectivity index (χ0v) is 25.3. The first-order valence-corrected chi connectivity index (χ1v) is 23.7. The molecule has 1 saturated heterocycles. The molecule has 0 bridgehead atoms. The molecule has 0 aromatic heterocycles. The van der Waals surface area contributed by atoms with Gasteiger partial charge in [-0.05, 0) is 58.4 Å². The molecule has 2 N–H and O–H groups in total. The van der Waals surface area contributed by atoms with E-state index in [-0.39, 0.29) is 21.4 Å². The van der Waals surface area contributed by atoms with E-state index >= 15 is 0 Å². The fraction of sp³-hybridized carbons (Fsp3) is 0.667. The van der Waals surface area contributed by atoms with Gasteiger partial charge in [-0.2, -0.15) is 0 Å². The highest BCUT2D eigenvalue weighted by Crippen LogP contribution is 2.76. The molecular weight excluding hydrogens is 439 g/mol. The third kappa shape index (κ3) is 2.48. The second-order valence-corrected chi connectivity index (χ2v) is 41.5. The Hall–Kier alpha value is -0.919. The lowest BCUT2D eigenvalue weighted by molar-refractivity contribution is -0.121. The van der Waals surface area contributed by atoms with Gasteiger partial charge in [-0.15, -0.1) is 0 Å². The molecule has 4 rings (SSSR count). The molecule has 1 saturated carbocycles. The Labute approximate surface area is 199 Å². The minimum atomic E-state index is -1.91. The Kier molecular flexibility index (Phi) is 5.16. The first kappa shape index (κ1) is 24.2. The van der Waals surface area contributed by atoms with Gasteiger partial charge in [0.1, 0.15) is 0 Å². The molecular formula is C27H45NOSi3. The van der Waals surface area contributed by atoms with Gasteiger partial charge in [-0.3, -0.25) is 4.79 Å². The zero-order valence-electron chi connectivity index (χ0n) is 22.3. The molecule has 0 spiro atoms. The van der Waals surface area contributed by atoms with Crippen molar-refractivity contribution in [2.24, 2.45) is 5.73 Å². The standard InChI is InChI=1S/C27H45NOSi3/c1-11-19-15-20-17-21(25(2,3)4)18-23(22(20)16-19)26-13-12-14-27(26,24(28)29)31(7,8)32(9,10)30(26,5)6/h15,17-18H,11-14,16H2,1-10H3,(H2,28,29). The largest absolute Gasteiger partial charge is 0.369 e. The summed E-state index contributed by atoms with van der Waals surface area (Å²) >= 11 is 0. The summed E-state index contributed by atoms with van der Waals surface area (Å²) in [6, 6.07) is 5.02.